The van der Waals surface area contributed by atoms with E-state index in [0.29, 0.717) is 30.1 Å². The molecule has 3 rings (SSSR count). The molecule has 1 fully saturated rings. The first-order chi connectivity index (χ1) is 14.0. The quantitative estimate of drug-likeness (QED) is 0.378. The number of carbonyl (C=O) groups excluding carboxylic acids is 1. The predicted octanol–water partition coefficient (Wildman–Crippen LogP) is 4.62. The van der Waals surface area contributed by atoms with Crippen LogP contribution in [0.1, 0.15) is 52.0 Å². The molecule has 2 aliphatic rings. The number of halogens is 1. The smallest absolute Gasteiger partial charge is 0.312 e. The van der Waals surface area contributed by atoms with Crippen LogP contribution in [-0.4, -0.2) is 40.5 Å². The number of esters is 1. The van der Waals surface area contributed by atoms with Gasteiger partial charge in [0.1, 0.15) is 11.4 Å². The van der Waals surface area contributed by atoms with Crippen molar-refractivity contribution in [3.8, 4) is 0 Å². The van der Waals surface area contributed by atoms with Crippen molar-refractivity contribution in [1.29, 1.82) is 0 Å². The summed E-state index contributed by atoms with van der Waals surface area (Å²) in [4.78, 5) is 28.0. The molecule has 0 aromatic heterocycles. The number of carbonyl (C=O) groups is 1. The summed E-state index contributed by atoms with van der Waals surface area (Å²) in [5.74, 6) is -0.342. The number of hydrogen-bond acceptors (Lipinski definition) is 7. The Morgan fingerprint density at radius 3 is 2.80 bits per heavy atom. The van der Waals surface area contributed by atoms with E-state index in [2.05, 4.69) is 0 Å². The van der Waals surface area contributed by atoms with Crippen LogP contribution in [0.5, 0.6) is 0 Å². The first-order valence-electron chi connectivity index (χ1n) is 9.94. The number of rotatable bonds is 5. The highest BCUT2D eigenvalue weighted by Gasteiger charge is 2.49. The zero-order chi connectivity index (χ0) is 22.1. The van der Waals surface area contributed by atoms with E-state index in [1.54, 1.807) is 27.9 Å². The summed E-state index contributed by atoms with van der Waals surface area (Å²) in [5.41, 5.74) is -1.51. The minimum atomic E-state index is -0.951. The van der Waals surface area contributed by atoms with Crippen molar-refractivity contribution in [3.05, 3.63) is 39.7 Å². The lowest BCUT2D eigenvalue weighted by Gasteiger charge is -2.46. The van der Waals surface area contributed by atoms with Gasteiger partial charge in [-0.25, -0.2) is 4.39 Å². The Morgan fingerprint density at radius 1 is 1.43 bits per heavy atom. The SMILES string of the molecule is CO[C@@H]1CCC2(c3cc([N+](=O)[O-])ccc3F)N=C(CC(=O)OC(C)(C)C)SC[C@@H]2C1. The number of hydrogen-bond donors (Lipinski definition) is 0. The van der Waals surface area contributed by atoms with E-state index in [1.165, 1.54) is 17.8 Å². The lowest BCUT2D eigenvalue weighted by atomic mass is 9.68. The molecule has 1 unspecified atom stereocenters. The molecule has 30 heavy (non-hydrogen) atoms. The number of thioether (sulfide) groups is 1. The van der Waals surface area contributed by atoms with Crippen molar-refractivity contribution >= 4 is 28.5 Å². The van der Waals surface area contributed by atoms with Gasteiger partial charge >= 0.3 is 5.97 Å². The van der Waals surface area contributed by atoms with Crippen LogP contribution in [0.15, 0.2) is 23.2 Å². The fourth-order valence-electron chi connectivity index (χ4n) is 4.20. The van der Waals surface area contributed by atoms with E-state index in [-0.39, 0.29) is 29.7 Å². The number of nitro benzene ring substituents is 1. The highest BCUT2D eigenvalue weighted by Crippen LogP contribution is 2.51. The fourth-order valence-corrected chi connectivity index (χ4v) is 5.45. The molecule has 1 aromatic carbocycles. The third-order valence-electron chi connectivity index (χ3n) is 5.52. The van der Waals surface area contributed by atoms with Gasteiger partial charge in [0, 0.05) is 36.5 Å². The monoisotopic (exact) mass is 438 g/mol. The highest BCUT2D eigenvalue weighted by molar-refractivity contribution is 8.14. The average Bonchev–Trinajstić information content (AvgIpc) is 2.66. The van der Waals surface area contributed by atoms with Crippen LogP contribution in [0.4, 0.5) is 10.1 Å². The molecule has 3 atom stereocenters. The lowest BCUT2D eigenvalue weighted by molar-refractivity contribution is -0.385. The lowest BCUT2D eigenvalue weighted by Crippen LogP contribution is -2.46. The minimum Gasteiger partial charge on any atom is -0.460 e. The highest BCUT2D eigenvalue weighted by atomic mass is 32.2. The van der Waals surface area contributed by atoms with Crippen LogP contribution in [0.3, 0.4) is 0 Å². The summed E-state index contributed by atoms with van der Waals surface area (Å²) in [6.07, 6.45) is 1.86. The van der Waals surface area contributed by atoms with E-state index in [0.717, 1.165) is 12.1 Å². The number of non-ortho nitro benzene ring substituents is 1. The van der Waals surface area contributed by atoms with Crippen LogP contribution in [-0.2, 0) is 19.8 Å². The van der Waals surface area contributed by atoms with Crippen LogP contribution in [0.2, 0.25) is 0 Å². The molecule has 0 bridgehead atoms. The van der Waals surface area contributed by atoms with Gasteiger partial charge in [-0.1, -0.05) is 0 Å². The molecule has 7 nitrogen and oxygen atoms in total. The summed E-state index contributed by atoms with van der Waals surface area (Å²) in [6, 6.07) is 3.58. The Kier molecular flexibility index (Phi) is 6.52. The van der Waals surface area contributed by atoms with Crippen molar-refractivity contribution in [2.75, 3.05) is 12.9 Å². The zero-order valence-corrected chi connectivity index (χ0v) is 18.5. The molecule has 164 valence electrons. The van der Waals surface area contributed by atoms with Gasteiger partial charge in [0.2, 0.25) is 0 Å². The second-order valence-electron chi connectivity index (χ2n) is 8.75. The molecular weight excluding hydrogens is 411 g/mol. The van der Waals surface area contributed by atoms with Crippen LogP contribution < -0.4 is 0 Å². The van der Waals surface area contributed by atoms with E-state index in [1.807, 2.05) is 0 Å². The number of aliphatic imine (C=N–C) groups is 1. The molecule has 1 aliphatic heterocycles. The van der Waals surface area contributed by atoms with Crippen LogP contribution >= 0.6 is 11.8 Å². The van der Waals surface area contributed by atoms with Gasteiger partial charge in [-0.2, -0.15) is 0 Å². The summed E-state index contributed by atoms with van der Waals surface area (Å²) < 4.78 is 25.9. The number of benzene rings is 1. The summed E-state index contributed by atoms with van der Waals surface area (Å²) >= 11 is 1.46. The van der Waals surface area contributed by atoms with E-state index in [9.17, 15) is 19.3 Å². The Balaban J connectivity index is 2.02. The predicted molar refractivity (Wildman–Crippen MR) is 113 cm³/mol. The maximum absolute atomic E-state index is 15.0. The van der Waals surface area contributed by atoms with Gasteiger partial charge in [0.25, 0.3) is 5.69 Å². The molecule has 0 spiro atoms. The second-order valence-corrected chi connectivity index (χ2v) is 9.85. The van der Waals surface area contributed by atoms with E-state index < -0.39 is 27.8 Å². The van der Waals surface area contributed by atoms with Gasteiger partial charge in [0.05, 0.1) is 28.0 Å². The molecule has 1 aromatic rings. The zero-order valence-electron chi connectivity index (χ0n) is 17.6. The number of methoxy groups -OCH3 is 1. The molecular formula is C21H27FN2O5S. The third-order valence-corrected chi connectivity index (χ3v) is 6.66. The van der Waals surface area contributed by atoms with Crippen molar-refractivity contribution in [2.24, 2.45) is 10.9 Å². The van der Waals surface area contributed by atoms with Gasteiger partial charge in [-0.3, -0.25) is 19.9 Å². The van der Waals surface area contributed by atoms with Crippen molar-refractivity contribution < 1.29 is 23.6 Å². The van der Waals surface area contributed by atoms with Crippen LogP contribution in [0, 0.1) is 21.8 Å². The number of nitro groups is 1. The number of fused-ring (bicyclic) bond motifs is 1. The standard InChI is InChI=1S/C21H27FN2O5S/c1-20(2,3)29-19(25)11-18-23-21(8-7-15(28-4)9-13(21)12-30-18)16-10-14(24(26)27)5-6-17(16)22/h5-6,10,13,15H,7-9,11-12H2,1-4H3/t13-,15+,21?/m0/s1. The molecule has 1 heterocycles. The van der Waals surface area contributed by atoms with E-state index in [4.69, 9.17) is 14.5 Å². The first-order valence-corrected chi connectivity index (χ1v) is 10.9. The maximum Gasteiger partial charge on any atom is 0.312 e. The molecule has 0 amide bonds. The Morgan fingerprint density at radius 2 is 2.17 bits per heavy atom. The second kappa shape index (κ2) is 8.63. The molecule has 0 radical (unpaired) electrons. The summed E-state index contributed by atoms with van der Waals surface area (Å²) in [6.45, 7) is 5.38. The largest absolute Gasteiger partial charge is 0.460 e. The summed E-state index contributed by atoms with van der Waals surface area (Å²) in [7, 11) is 1.65. The molecule has 1 saturated carbocycles. The van der Waals surface area contributed by atoms with E-state index >= 15 is 0 Å². The molecule has 9 heteroatoms. The minimum absolute atomic E-state index is 0.000654. The fraction of sp³-hybridized carbons (Fsp3) is 0.619. The van der Waals surface area contributed by atoms with Crippen LogP contribution in [0.25, 0.3) is 0 Å². The number of ether oxygens (including phenoxy) is 2. The Labute approximate surface area is 179 Å². The Bertz CT molecular complexity index is 869. The average molecular weight is 439 g/mol. The van der Waals surface area contributed by atoms with Crippen molar-refractivity contribution in [1.82, 2.24) is 0 Å². The Hall–Kier alpha value is -2.00. The van der Waals surface area contributed by atoms with Gasteiger partial charge in [-0.05, 0) is 46.1 Å². The van der Waals surface area contributed by atoms with Gasteiger partial charge in [0.15, 0.2) is 0 Å². The normalized spacial score (nSPS) is 26.5. The molecule has 0 N–H and O–H groups in total. The maximum atomic E-state index is 15.0. The molecule has 1 aliphatic carbocycles. The van der Waals surface area contributed by atoms with Gasteiger partial charge in [-0.15, -0.1) is 11.8 Å². The first kappa shape index (κ1) is 22.7. The van der Waals surface area contributed by atoms with Crippen molar-refractivity contribution in [2.45, 2.75) is 63.7 Å². The third kappa shape index (κ3) is 4.83. The summed E-state index contributed by atoms with van der Waals surface area (Å²) in [5, 5.41) is 11.9. The topological polar surface area (TPSA) is 91.0 Å². The number of nitrogens with zero attached hydrogens (tertiary/aromatic N) is 2. The van der Waals surface area contributed by atoms with Crippen molar-refractivity contribution in [3.63, 3.8) is 0 Å². The molecule has 0 saturated heterocycles. The van der Waals surface area contributed by atoms with Gasteiger partial charge < -0.3 is 9.47 Å².